The summed E-state index contributed by atoms with van der Waals surface area (Å²) in [4.78, 5) is 28.7. The van der Waals surface area contributed by atoms with Crippen LogP contribution in [0.2, 0.25) is 0 Å². The van der Waals surface area contributed by atoms with E-state index in [0.717, 1.165) is 59.2 Å². The molecule has 0 radical (unpaired) electrons. The molecule has 3 heterocycles. The van der Waals surface area contributed by atoms with Crippen LogP contribution in [0.15, 0.2) is 73.4 Å². The van der Waals surface area contributed by atoms with Gasteiger partial charge in [0, 0.05) is 41.6 Å². The van der Waals surface area contributed by atoms with Crippen LogP contribution in [0, 0.1) is 6.92 Å². The normalized spacial score (nSPS) is 16.1. The van der Waals surface area contributed by atoms with Gasteiger partial charge in [-0.05, 0) is 61.0 Å². The molecule has 4 aromatic rings. The van der Waals surface area contributed by atoms with Crippen molar-refractivity contribution in [2.45, 2.75) is 25.8 Å². The maximum absolute atomic E-state index is 13.9. The molecule has 6 nitrogen and oxygen atoms in total. The van der Waals surface area contributed by atoms with E-state index in [2.05, 4.69) is 34.3 Å². The Morgan fingerprint density at radius 3 is 2.59 bits per heavy atom. The van der Waals surface area contributed by atoms with E-state index < -0.39 is 0 Å². The van der Waals surface area contributed by atoms with E-state index in [-0.39, 0.29) is 11.9 Å². The van der Waals surface area contributed by atoms with Crippen LogP contribution < -0.4 is 10.2 Å². The highest BCUT2D eigenvalue weighted by Gasteiger charge is 2.30. The number of carbonyl (C=O) groups is 1. The molecule has 32 heavy (non-hydrogen) atoms. The number of hydrogen-bond donors (Lipinski definition) is 1. The Kier molecular flexibility index (Phi) is 5.60. The van der Waals surface area contributed by atoms with Crippen molar-refractivity contribution in [3.05, 3.63) is 84.6 Å². The predicted octanol–water partition coefficient (Wildman–Crippen LogP) is 4.40. The van der Waals surface area contributed by atoms with Gasteiger partial charge in [-0.3, -0.25) is 9.69 Å². The molecule has 1 atom stereocenters. The van der Waals surface area contributed by atoms with E-state index >= 15 is 0 Å². The number of pyridine rings is 1. The summed E-state index contributed by atoms with van der Waals surface area (Å²) in [6.45, 7) is 3.81. The zero-order valence-electron chi connectivity index (χ0n) is 18.0. The number of piperidine rings is 1. The number of nitrogens with one attached hydrogen (secondary N) is 1. The second kappa shape index (κ2) is 8.85. The van der Waals surface area contributed by atoms with Crippen LogP contribution in [0.5, 0.6) is 0 Å². The number of carbonyl (C=O) groups excluding carboxylic acids is 1. The molecule has 2 aromatic heterocycles. The second-order valence-corrected chi connectivity index (χ2v) is 8.19. The zero-order chi connectivity index (χ0) is 21.9. The summed E-state index contributed by atoms with van der Waals surface area (Å²) in [5.41, 5.74) is 3.66. The molecular formula is C26H25N5O. The maximum atomic E-state index is 13.9. The molecule has 0 bridgehead atoms. The highest BCUT2D eigenvalue weighted by atomic mass is 16.2. The Balaban J connectivity index is 1.57. The minimum atomic E-state index is -0.0298. The predicted molar refractivity (Wildman–Crippen MR) is 127 cm³/mol. The number of aryl methyl sites for hydroxylation is 1. The summed E-state index contributed by atoms with van der Waals surface area (Å²) in [5, 5.41) is 5.58. The van der Waals surface area contributed by atoms with Crippen LogP contribution >= 0.6 is 0 Å². The molecule has 0 saturated carbocycles. The summed E-state index contributed by atoms with van der Waals surface area (Å²) in [5.74, 6) is 0.706. The molecule has 0 aliphatic carbocycles. The van der Waals surface area contributed by atoms with Crippen molar-refractivity contribution in [2.24, 2.45) is 0 Å². The van der Waals surface area contributed by atoms with E-state index in [1.807, 2.05) is 41.3 Å². The molecule has 1 saturated heterocycles. The summed E-state index contributed by atoms with van der Waals surface area (Å²) in [7, 11) is 0. The van der Waals surface area contributed by atoms with Crippen molar-refractivity contribution in [1.82, 2.24) is 20.3 Å². The number of anilines is 1. The Morgan fingerprint density at radius 1 is 1.03 bits per heavy atom. The van der Waals surface area contributed by atoms with Crippen LogP contribution in [0.25, 0.3) is 21.9 Å². The molecule has 0 spiro atoms. The number of aromatic nitrogens is 3. The van der Waals surface area contributed by atoms with E-state index in [0.29, 0.717) is 5.56 Å². The van der Waals surface area contributed by atoms with Crippen molar-refractivity contribution in [2.75, 3.05) is 18.0 Å². The number of benzene rings is 2. The monoisotopic (exact) mass is 423 g/mol. The Hall–Kier alpha value is -3.64. The van der Waals surface area contributed by atoms with Gasteiger partial charge in [-0.15, -0.1) is 0 Å². The number of amides is 1. The van der Waals surface area contributed by atoms with Gasteiger partial charge in [-0.1, -0.05) is 30.3 Å². The van der Waals surface area contributed by atoms with Crippen molar-refractivity contribution in [3.8, 4) is 11.1 Å². The highest BCUT2D eigenvalue weighted by molar-refractivity contribution is 6.10. The van der Waals surface area contributed by atoms with Crippen LogP contribution in [-0.4, -0.2) is 40.0 Å². The first-order valence-electron chi connectivity index (χ1n) is 11.0. The van der Waals surface area contributed by atoms with Gasteiger partial charge in [-0.25, -0.2) is 15.0 Å². The van der Waals surface area contributed by atoms with Gasteiger partial charge in [0.05, 0.1) is 6.04 Å². The molecule has 1 aliphatic heterocycles. The zero-order valence-corrected chi connectivity index (χ0v) is 18.0. The molecule has 1 N–H and O–H groups in total. The van der Waals surface area contributed by atoms with E-state index in [9.17, 15) is 4.79 Å². The van der Waals surface area contributed by atoms with Crippen molar-refractivity contribution in [3.63, 3.8) is 0 Å². The van der Waals surface area contributed by atoms with E-state index in [1.165, 1.54) is 6.33 Å². The Labute approximate surface area is 187 Å². The van der Waals surface area contributed by atoms with Crippen LogP contribution in [0.3, 0.4) is 0 Å². The topological polar surface area (TPSA) is 71.0 Å². The summed E-state index contributed by atoms with van der Waals surface area (Å²) >= 11 is 0. The molecule has 5 rings (SSSR count). The lowest BCUT2D eigenvalue weighted by Gasteiger charge is -2.35. The van der Waals surface area contributed by atoms with Gasteiger partial charge in [0.25, 0.3) is 5.91 Å². The van der Waals surface area contributed by atoms with Crippen LogP contribution in [-0.2, 0) is 0 Å². The van der Waals surface area contributed by atoms with Crippen LogP contribution in [0.4, 0.5) is 5.82 Å². The lowest BCUT2D eigenvalue weighted by Crippen LogP contribution is -2.49. The largest absolute Gasteiger partial charge is 0.315 e. The van der Waals surface area contributed by atoms with Gasteiger partial charge < -0.3 is 5.32 Å². The van der Waals surface area contributed by atoms with Gasteiger partial charge in [0.15, 0.2) is 0 Å². The molecule has 1 fully saturated rings. The second-order valence-electron chi connectivity index (χ2n) is 8.19. The first-order valence-corrected chi connectivity index (χ1v) is 11.0. The molecule has 1 aliphatic rings. The Bertz CT molecular complexity index is 1230. The summed E-state index contributed by atoms with van der Waals surface area (Å²) < 4.78 is 0. The lowest BCUT2D eigenvalue weighted by molar-refractivity contribution is 0.0972. The van der Waals surface area contributed by atoms with Gasteiger partial charge in [0.1, 0.15) is 12.1 Å². The van der Waals surface area contributed by atoms with Crippen molar-refractivity contribution in [1.29, 1.82) is 0 Å². The van der Waals surface area contributed by atoms with Crippen molar-refractivity contribution < 1.29 is 4.79 Å². The third-order valence-electron chi connectivity index (χ3n) is 6.09. The standard InChI is InChI=1S/C26H25N5O/c1-18-4-2-5-20-11-13-30-25(24(18)20)31(23-6-3-12-27-16-23)26(32)21-9-7-19(8-10-21)22-14-28-17-29-15-22/h2,4-5,7-11,13-15,17,23,27H,3,6,12,16H2,1H3/t23-/m1/s1. The molecule has 2 aromatic carbocycles. The number of fused-ring (bicyclic) bond motifs is 1. The molecular weight excluding hydrogens is 398 g/mol. The maximum Gasteiger partial charge on any atom is 0.259 e. The molecule has 1 amide bonds. The van der Waals surface area contributed by atoms with Gasteiger partial charge >= 0.3 is 0 Å². The minimum Gasteiger partial charge on any atom is -0.315 e. The van der Waals surface area contributed by atoms with Crippen LogP contribution in [0.1, 0.15) is 28.8 Å². The van der Waals surface area contributed by atoms with Crippen molar-refractivity contribution >= 4 is 22.5 Å². The average Bonchev–Trinajstić information content (AvgIpc) is 2.86. The fourth-order valence-corrected chi connectivity index (χ4v) is 4.45. The quantitative estimate of drug-likeness (QED) is 0.527. The first kappa shape index (κ1) is 20.3. The third-order valence-corrected chi connectivity index (χ3v) is 6.09. The smallest absolute Gasteiger partial charge is 0.259 e. The van der Waals surface area contributed by atoms with E-state index in [4.69, 9.17) is 4.98 Å². The number of hydrogen-bond acceptors (Lipinski definition) is 5. The SMILES string of the molecule is Cc1cccc2ccnc(N(C(=O)c3ccc(-c4cncnc4)cc3)[C@@H]3CCCNC3)c12. The van der Waals surface area contributed by atoms with Gasteiger partial charge in [-0.2, -0.15) is 0 Å². The van der Waals surface area contributed by atoms with Gasteiger partial charge in [0.2, 0.25) is 0 Å². The lowest BCUT2D eigenvalue weighted by atomic mass is 10.0. The first-order chi connectivity index (χ1) is 15.7. The number of rotatable bonds is 4. The molecule has 6 heteroatoms. The highest BCUT2D eigenvalue weighted by Crippen LogP contribution is 2.31. The Morgan fingerprint density at radius 2 is 1.84 bits per heavy atom. The molecule has 0 unspecified atom stereocenters. The summed E-state index contributed by atoms with van der Waals surface area (Å²) in [6, 6.07) is 15.9. The number of nitrogens with zero attached hydrogens (tertiary/aromatic N) is 4. The summed E-state index contributed by atoms with van der Waals surface area (Å²) in [6.07, 6.45) is 8.83. The third kappa shape index (κ3) is 3.85. The van der Waals surface area contributed by atoms with E-state index in [1.54, 1.807) is 18.6 Å². The fourth-order valence-electron chi connectivity index (χ4n) is 4.45. The average molecular weight is 424 g/mol. The fraction of sp³-hybridized carbons (Fsp3) is 0.231. The minimum absolute atomic E-state index is 0.0298. The molecule has 160 valence electrons.